The lowest BCUT2D eigenvalue weighted by atomic mass is 9.87. The van der Waals surface area contributed by atoms with Crippen molar-refractivity contribution in [2.45, 2.75) is 26.2 Å². The van der Waals surface area contributed by atoms with E-state index in [-0.39, 0.29) is 11.4 Å². The first-order chi connectivity index (χ1) is 11.3. The average molecular weight is 328 g/mol. The molecule has 0 aliphatic rings. The molecular weight excluding hydrogens is 304 g/mol. The van der Waals surface area contributed by atoms with Crippen LogP contribution in [0.1, 0.15) is 26.3 Å². The summed E-state index contributed by atoms with van der Waals surface area (Å²) in [6.45, 7) is 6.36. The van der Waals surface area contributed by atoms with Crippen LogP contribution in [0.15, 0.2) is 42.5 Å². The van der Waals surface area contributed by atoms with Gasteiger partial charge in [0, 0.05) is 0 Å². The SMILES string of the molecule is COc1ccccc1NC(=O)Nc1cc(C(C)(C)C)ccc1OC. The molecule has 24 heavy (non-hydrogen) atoms. The van der Waals surface area contributed by atoms with E-state index in [0.717, 1.165) is 5.56 Å². The van der Waals surface area contributed by atoms with Gasteiger partial charge in [0.25, 0.3) is 0 Å². The van der Waals surface area contributed by atoms with Gasteiger partial charge < -0.3 is 20.1 Å². The van der Waals surface area contributed by atoms with Crippen LogP contribution in [-0.2, 0) is 5.41 Å². The minimum atomic E-state index is -0.358. The molecule has 2 aromatic rings. The maximum Gasteiger partial charge on any atom is 0.323 e. The molecule has 0 saturated carbocycles. The topological polar surface area (TPSA) is 59.6 Å². The second-order valence-corrected chi connectivity index (χ2v) is 6.44. The van der Waals surface area contributed by atoms with Gasteiger partial charge in [-0.05, 0) is 35.2 Å². The van der Waals surface area contributed by atoms with Crippen molar-refractivity contribution in [3.05, 3.63) is 48.0 Å². The third-order valence-electron chi connectivity index (χ3n) is 3.67. The first kappa shape index (κ1) is 17.7. The number of hydrogen-bond acceptors (Lipinski definition) is 3. The third-order valence-corrected chi connectivity index (χ3v) is 3.67. The number of ether oxygens (including phenoxy) is 2. The Morgan fingerprint density at radius 2 is 1.46 bits per heavy atom. The molecule has 2 N–H and O–H groups in total. The van der Waals surface area contributed by atoms with E-state index in [4.69, 9.17) is 9.47 Å². The summed E-state index contributed by atoms with van der Waals surface area (Å²) in [5, 5.41) is 5.63. The van der Waals surface area contributed by atoms with Crippen LogP contribution in [-0.4, -0.2) is 20.3 Å². The predicted octanol–water partition coefficient (Wildman–Crippen LogP) is 4.65. The molecule has 0 spiro atoms. The van der Waals surface area contributed by atoms with Gasteiger partial charge in [-0.3, -0.25) is 0 Å². The van der Waals surface area contributed by atoms with E-state index in [9.17, 15) is 4.79 Å². The molecule has 0 saturated heterocycles. The molecule has 5 heteroatoms. The van der Waals surface area contributed by atoms with E-state index in [2.05, 4.69) is 31.4 Å². The standard InChI is InChI=1S/C19H24N2O3/c1-19(2,3)13-10-11-17(24-5)15(12-13)21-18(22)20-14-8-6-7-9-16(14)23-4/h6-12H,1-5H3,(H2,20,21,22). The fourth-order valence-electron chi connectivity index (χ4n) is 2.30. The summed E-state index contributed by atoms with van der Waals surface area (Å²) in [7, 11) is 3.14. The highest BCUT2D eigenvalue weighted by atomic mass is 16.5. The van der Waals surface area contributed by atoms with Crippen LogP contribution in [0.5, 0.6) is 11.5 Å². The zero-order valence-electron chi connectivity index (χ0n) is 14.8. The van der Waals surface area contributed by atoms with Crippen LogP contribution in [0, 0.1) is 0 Å². The molecular formula is C19H24N2O3. The third kappa shape index (κ3) is 4.19. The molecule has 0 aromatic heterocycles. The summed E-state index contributed by atoms with van der Waals surface area (Å²) >= 11 is 0. The fraction of sp³-hybridized carbons (Fsp3) is 0.316. The molecule has 128 valence electrons. The van der Waals surface area contributed by atoms with E-state index in [1.165, 1.54) is 0 Å². The summed E-state index contributed by atoms with van der Waals surface area (Å²) in [6.07, 6.45) is 0. The lowest BCUT2D eigenvalue weighted by Gasteiger charge is -2.21. The Bertz CT molecular complexity index is 721. The molecule has 0 bridgehead atoms. The second kappa shape index (κ2) is 7.25. The molecule has 0 unspecified atom stereocenters. The van der Waals surface area contributed by atoms with Crippen molar-refractivity contribution in [2.24, 2.45) is 0 Å². The lowest BCUT2D eigenvalue weighted by molar-refractivity contribution is 0.262. The zero-order chi connectivity index (χ0) is 17.7. The summed E-state index contributed by atoms with van der Waals surface area (Å²) in [6, 6.07) is 12.7. The monoisotopic (exact) mass is 328 g/mol. The van der Waals surface area contributed by atoms with E-state index >= 15 is 0 Å². The van der Waals surface area contributed by atoms with Crippen LogP contribution in [0.2, 0.25) is 0 Å². The van der Waals surface area contributed by atoms with Gasteiger partial charge in [-0.1, -0.05) is 39.0 Å². The maximum atomic E-state index is 12.3. The Morgan fingerprint density at radius 3 is 2.08 bits per heavy atom. The van der Waals surface area contributed by atoms with Crippen LogP contribution in [0.4, 0.5) is 16.2 Å². The Hall–Kier alpha value is -2.69. The number of hydrogen-bond donors (Lipinski definition) is 2. The van der Waals surface area contributed by atoms with Gasteiger partial charge in [0.1, 0.15) is 11.5 Å². The summed E-state index contributed by atoms with van der Waals surface area (Å²) in [5.41, 5.74) is 2.30. The highest BCUT2D eigenvalue weighted by molar-refractivity contribution is 6.01. The number of amides is 2. The summed E-state index contributed by atoms with van der Waals surface area (Å²) in [4.78, 5) is 12.3. The number of carbonyl (C=O) groups excluding carboxylic acids is 1. The van der Waals surface area contributed by atoms with Gasteiger partial charge in [-0.2, -0.15) is 0 Å². The number of anilines is 2. The van der Waals surface area contributed by atoms with Crippen LogP contribution in [0.25, 0.3) is 0 Å². The van der Waals surface area contributed by atoms with E-state index < -0.39 is 0 Å². The quantitative estimate of drug-likeness (QED) is 0.859. The minimum Gasteiger partial charge on any atom is -0.495 e. The van der Waals surface area contributed by atoms with E-state index in [1.54, 1.807) is 26.4 Å². The number of urea groups is 1. The highest BCUT2D eigenvalue weighted by Crippen LogP contribution is 2.31. The number of rotatable bonds is 4. The number of nitrogens with one attached hydrogen (secondary N) is 2. The Labute approximate surface area is 143 Å². The van der Waals surface area contributed by atoms with Gasteiger partial charge >= 0.3 is 6.03 Å². The molecule has 2 amide bonds. The molecule has 0 atom stereocenters. The average Bonchev–Trinajstić information content (AvgIpc) is 2.54. The Morgan fingerprint density at radius 1 is 0.875 bits per heavy atom. The molecule has 0 radical (unpaired) electrons. The van der Waals surface area contributed by atoms with Crippen LogP contribution in [0.3, 0.4) is 0 Å². The molecule has 0 aliphatic carbocycles. The largest absolute Gasteiger partial charge is 0.495 e. The molecule has 0 heterocycles. The van der Waals surface area contributed by atoms with Crippen molar-refractivity contribution in [1.29, 1.82) is 0 Å². The molecule has 0 fully saturated rings. The van der Waals surface area contributed by atoms with Gasteiger partial charge in [-0.15, -0.1) is 0 Å². The van der Waals surface area contributed by atoms with Crippen molar-refractivity contribution < 1.29 is 14.3 Å². The van der Waals surface area contributed by atoms with Gasteiger partial charge in [0.05, 0.1) is 25.6 Å². The van der Waals surface area contributed by atoms with E-state index in [0.29, 0.717) is 22.9 Å². The molecule has 2 aromatic carbocycles. The molecule has 0 aliphatic heterocycles. The van der Waals surface area contributed by atoms with Crippen molar-refractivity contribution in [3.8, 4) is 11.5 Å². The van der Waals surface area contributed by atoms with Gasteiger partial charge in [-0.25, -0.2) is 4.79 Å². The lowest BCUT2D eigenvalue weighted by Crippen LogP contribution is -2.21. The first-order valence-electron chi connectivity index (χ1n) is 7.74. The normalized spacial score (nSPS) is 10.9. The number of para-hydroxylation sites is 2. The van der Waals surface area contributed by atoms with E-state index in [1.807, 2.05) is 30.3 Å². The predicted molar refractivity (Wildman–Crippen MR) is 97.3 cm³/mol. The summed E-state index contributed by atoms with van der Waals surface area (Å²) < 4.78 is 10.6. The van der Waals surface area contributed by atoms with Crippen molar-refractivity contribution >= 4 is 17.4 Å². The van der Waals surface area contributed by atoms with Crippen LogP contribution >= 0.6 is 0 Å². The van der Waals surface area contributed by atoms with Crippen molar-refractivity contribution in [2.75, 3.05) is 24.9 Å². The first-order valence-corrected chi connectivity index (χ1v) is 7.74. The fourth-order valence-corrected chi connectivity index (χ4v) is 2.30. The number of methoxy groups -OCH3 is 2. The maximum absolute atomic E-state index is 12.3. The van der Waals surface area contributed by atoms with Gasteiger partial charge in [0.2, 0.25) is 0 Å². The molecule has 5 nitrogen and oxygen atoms in total. The minimum absolute atomic E-state index is 0.0260. The zero-order valence-corrected chi connectivity index (χ0v) is 14.8. The number of benzene rings is 2. The van der Waals surface area contributed by atoms with Gasteiger partial charge in [0.15, 0.2) is 0 Å². The summed E-state index contributed by atoms with van der Waals surface area (Å²) in [5.74, 6) is 1.21. The second-order valence-electron chi connectivity index (χ2n) is 6.44. The van der Waals surface area contributed by atoms with Crippen molar-refractivity contribution in [1.82, 2.24) is 0 Å². The number of carbonyl (C=O) groups is 1. The Kier molecular flexibility index (Phi) is 5.34. The highest BCUT2D eigenvalue weighted by Gasteiger charge is 2.17. The van der Waals surface area contributed by atoms with Crippen molar-refractivity contribution in [3.63, 3.8) is 0 Å². The molecule has 2 rings (SSSR count). The smallest absolute Gasteiger partial charge is 0.323 e. The Balaban J connectivity index is 2.21. The van der Waals surface area contributed by atoms with Crippen LogP contribution < -0.4 is 20.1 Å².